The maximum Gasteiger partial charge on any atom is 0.241 e. The van der Waals surface area contributed by atoms with Gasteiger partial charge in [0.15, 0.2) is 0 Å². The van der Waals surface area contributed by atoms with Crippen molar-refractivity contribution >= 4 is 11.6 Å². The number of nitrogens with zero attached hydrogens (tertiary/aromatic N) is 3. The van der Waals surface area contributed by atoms with Crippen molar-refractivity contribution < 1.29 is 4.79 Å². The van der Waals surface area contributed by atoms with Gasteiger partial charge in [-0.25, -0.2) is 9.67 Å². The van der Waals surface area contributed by atoms with E-state index in [2.05, 4.69) is 20.7 Å². The lowest BCUT2D eigenvalue weighted by molar-refractivity contribution is -0.117. The molecule has 1 fully saturated rings. The van der Waals surface area contributed by atoms with Gasteiger partial charge >= 0.3 is 0 Å². The molecule has 1 aromatic heterocycles. The van der Waals surface area contributed by atoms with Gasteiger partial charge in [0, 0.05) is 5.69 Å². The Kier molecular flexibility index (Phi) is 3.73. The van der Waals surface area contributed by atoms with E-state index in [1.54, 1.807) is 11.0 Å². The summed E-state index contributed by atoms with van der Waals surface area (Å²) in [7, 11) is 0. The molecule has 2 heterocycles. The number of anilines is 1. The third-order valence-corrected chi connectivity index (χ3v) is 3.38. The molecule has 1 aromatic carbocycles. The Morgan fingerprint density at radius 2 is 2.45 bits per heavy atom. The fourth-order valence-corrected chi connectivity index (χ4v) is 2.39. The van der Waals surface area contributed by atoms with E-state index in [4.69, 9.17) is 0 Å². The Morgan fingerprint density at radius 1 is 1.50 bits per heavy atom. The lowest BCUT2D eigenvalue weighted by Crippen LogP contribution is -2.35. The van der Waals surface area contributed by atoms with Gasteiger partial charge in [0.25, 0.3) is 0 Å². The minimum atomic E-state index is -0.0611. The van der Waals surface area contributed by atoms with E-state index >= 15 is 0 Å². The van der Waals surface area contributed by atoms with Crippen LogP contribution in [0.15, 0.2) is 36.9 Å². The van der Waals surface area contributed by atoms with E-state index in [0.29, 0.717) is 6.54 Å². The highest BCUT2D eigenvalue weighted by Gasteiger charge is 2.21. The van der Waals surface area contributed by atoms with Crippen molar-refractivity contribution in [2.75, 3.05) is 11.9 Å². The Bertz CT molecular complexity index is 575. The Labute approximate surface area is 117 Å². The molecule has 0 saturated carbocycles. The highest BCUT2D eigenvalue weighted by Crippen LogP contribution is 2.14. The van der Waals surface area contributed by atoms with Crippen LogP contribution >= 0.6 is 0 Å². The van der Waals surface area contributed by atoms with Crippen LogP contribution in [0.5, 0.6) is 0 Å². The summed E-state index contributed by atoms with van der Waals surface area (Å²) in [5.41, 5.74) is 1.90. The zero-order valence-electron chi connectivity index (χ0n) is 11.1. The first-order valence-electron chi connectivity index (χ1n) is 6.77. The summed E-state index contributed by atoms with van der Waals surface area (Å²) in [4.78, 5) is 16.0. The van der Waals surface area contributed by atoms with Crippen molar-refractivity contribution in [1.29, 1.82) is 0 Å². The number of rotatable bonds is 4. The van der Waals surface area contributed by atoms with E-state index in [0.717, 1.165) is 30.6 Å². The van der Waals surface area contributed by atoms with Crippen LogP contribution in [0.1, 0.15) is 18.4 Å². The second-order valence-electron chi connectivity index (χ2n) is 4.93. The zero-order valence-corrected chi connectivity index (χ0v) is 11.1. The standard InChI is InChI=1S/C14H17N5O/c20-14(13-5-2-6-16-13)18-12-4-1-3-11(7-12)8-19-10-15-9-17-19/h1,3-4,7,9-10,13,16H,2,5-6,8H2,(H,18,20). The van der Waals surface area contributed by atoms with Crippen LogP contribution in [0.25, 0.3) is 0 Å². The van der Waals surface area contributed by atoms with E-state index in [1.165, 1.54) is 6.33 Å². The maximum atomic E-state index is 12.0. The van der Waals surface area contributed by atoms with E-state index in [1.807, 2.05) is 24.3 Å². The van der Waals surface area contributed by atoms with Crippen molar-refractivity contribution in [3.63, 3.8) is 0 Å². The molecule has 1 atom stereocenters. The Morgan fingerprint density at radius 3 is 3.20 bits per heavy atom. The first-order valence-corrected chi connectivity index (χ1v) is 6.77. The van der Waals surface area contributed by atoms with Gasteiger partial charge in [0.2, 0.25) is 5.91 Å². The van der Waals surface area contributed by atoms with Gasteiger partial charge < -0.3 is 10.6 Å². The molecule has 1 aliphatic heterocycles. The quantitative estimate of drug-likeness (QED) is 0.871. The number of hydrogen-bond donors (Lipinski definition) is 2. The average molecular weight is 271 g/mol. The van der Waals surface area contributed by atoms with E-state index in [9.17, 15) is 4.79 Å². The number of hydrogen-bond acceptors (Lipinski definition) is 4. The topological polar surface area (TPSA) is 71.8 Å². The minimum Gasteiger partial charge on any atom is -0.325 e. The Hall–Kier alpha value is -2.21. The molecule has 2 aromatic rings. The smallest absolute Gasteiger partial charge is 0.241 e. The van der Waals surface area contributed by atoms with Gasteiger partial charge in [-0.1, -0.05) is 12.1 Å². The van der Waals surface area contributed by atoms with Crippen molar-refractivity contribution in [1.82, 2.24) is 20.1 Å². The summed E-state index contributed by atoms with van der Waals surface area (Å²) in [6.45, 7) is 1.57. The van der Waals surface area contributed by atoms with E-state index in [-0.39, 0.29) is 11.9 Å². The number of carbonyl (C=O) groups is 1. The van der Waals surface area contributed by atoms with Crippen molar-refractivity contribution in [2.24, 2.45) is 0 Å². The van der Waals surface area contributed by atoms with Gasteiger partial charge in [-0.2, -0.15) is 5.10 Å². The molecule has 0 spiro atoms. The lowest BCUT2D eigenvalue weighted by atomic mass is 10.1. The van der Waals surface area contributed by atoms with Gasteiger partial charge in [0.1, 0.15) is 12.7 Å². The molecule has 6 heteroatoms. The summed E-state index contributed by atoms with van der Waals surface area (Å²) >= 11 is 0. The monoisotopic (exact) mass is 271 g/mol. The molecule has 1 unspecified atom stereocenters. The molecule has 20 heavy (non-hydrogen) atoms. The van der Waals surface area contributed by atoms with Crippen molar-refractivity contribution in [3.05, 3.63) is 42.5 Å². The molecule has 1 saturated heterocycles. The summed E-state index contributed by atoms with van der Waals surface area (Å²) in [5, 5.41) is 10.2. The summed E-state index contributed by atoms with van der Waals surface area (Å²) in [5.74, 6) is 0.0420. The molecule has 0 aliphatic carbocycles. The molecule has 0 bridgehead atoms. The van der Waals surface area contributed by atoms with Gasteiger partial charge in [-0.15, -0.1) is 0 Å². The zero-order chi connectivity index (χ0) is 13.8. The second-order valence-corrected chi connectivity index (χ2v) is 4.93. The first kappa shape index (κ1) is 12.8. The van der Waals surface area contributed by atoms with Crippen molar-refractivity contribution in [3.8, 4) is 0 Å². The molecule has 0 radical (unpaired) electrons. The fourth-order valence-electron chi connectivity index (χ4n) is 2.39. The molecule has 1 aliphatic rings. The van der Waals surface area contributed by atoms with Crippen LogP contribution in [-0.4, -0.2) is 33.3 Å². The third-order valence-electron chi connectivity index (χ3n) is 3.38. The van der Waals surface area contributed by atoms with Crippen LogP contribution in [-0.2, 0) is 11.3 Å². The molecule has 6 nitrogen and oxygen atoms in total. The molecule has 3 rings (SSSR count). The van der Waals surface area contributed by atoms with Crippen LogP contribution in [0.4, 0.5) is 5.69 Å². The highest BCUT2D eigenvalue weighted by molar-refractivity contribution is 5.95. The fraction of sp³-hybridized carbons (Fsp3) is 0.357. The molecule has 104 valence electrons. The average Bonchev–Trinajstić information content (AvgIpc) is 3.12. The number of carbonyl (C=O) groups excluding carboxylic acids is 1. The SMILES string of the molecule is O=C(Nc1cccc(Cn2cncn2)c1)C1CCCN1. The maximum absolute atomic E-state index is 12.0. The molecule has 1 amide bonds. The number of benzene rings is 1. The number of aromatic nitrogens is 3. The lowest BCUT2D eigenvalue weighted by Gasteiger charge is -2.12. The van der Waals surface area contributed by atoms with E-state index < -0.39 is 0 Å². The predicted molar refractivity (Wildman–Crippen MR) is 75.2 cm³/mol. The second kappa shape index (κ2) is 5.83. The number of nitrogens with one attached hydrogen (secondary N) is 2. The van der Waals surface area contributed by atoms with Crippen molar-refractivity contribution in [2.45, 2.75) is 25.4 Å². The first-order chi connectivity index (χ1) is 9.81. The van der Waals surface area contributed by atoms with Gasteiger partial charge in [0.05, 0.1) is 12.6 Å². The summed E-state index contributed by atoms with van der Waals surface area (Å²) in [6, 6.07) is 7.75. The largest absolute Gasteiger partial charge is 0.325 e. The predicted octanol–water partition coefficient (Wildman–Crippen LogP) is 1.02. The van der Waals surface area contributed by atoms with Gasteiger partial charge in [-0.05, 0) is 37.1 Å². The normalized spacial score (nSPS) is 18.1. The molecule has 2 N–H and O–H groups in total. The number of amides is 1. The van der Waals surface area contributed by atoms with Crippen LogP contribution < -0.4 is 10.6 Å². The van der Waals surface area contributed by atoms with Crippen LogP contribution in [0.3, 0.4) is 0 Å². The summed E-state index contributed by atoms with van der Waals surface area (Å²) < 4.78 is 1.75. The van der Waals surface area contributed by atoms with Crippen LogP contribution in [0.2, 0.25) is 0 Å². The third kappa shape index (κ3) is 3.03. The summed E-state index contributed by atoms with van der Waals surface area (Å²) in [6.07, 6.45) is 5.15. The molecular weight excluding hydrogens is 254 g/mol. The minimum absolute atomic E-state index is 0.0420. The van der Waals surface area contributed by atoms with Gasteiger partial charge in [-0.3, -0.25) is 4.79 Å². The van der Waals surface area contributed by atoms with Crippen LogP contribution in [0, 0.1) is 0 Å². The Balaban J connectivity index is 1.66. The molecular formula is C14H17N5O. The highest BCUT2D eigenvalue weighted by atomic mass is 16.2.